The summed E-state index contributed by atoms with van der Waals surface area (Å²) in [7, 11) is 0. The molecule has 4 aliphatic rings. The Morgan fingerprint density at radius 1 is 1.10 bits per heavy atom. The van der Waals surface area contributed by atoms with Gasteiger partial charge in [0.15, 0.2) is 0 Å². The number of fused-ring (bicyclic) bond motifs is 5. The van der Waals surface area contributed by atoms with Crippen LogP contribution in [-0.4, -0.2) is 11.2 Å². The van der Waals surface area contributed by atoms with E-state index in [0.29, 0.717) is 16.7 Å². The second-order valence-corrected chi connectivity index (χ2v) is 12.2. The maximum atomic E-state index is 10.2. The number of hydrogen-bond acceptors (Lipinski definition) is 1. The minimum absolute atomic E-state index is 0.0861. The molecule has 4 aliphatic carbocycles. The first kappa shape index (κ1) is 21.7. The Morgan fingerprint density at radius 3 is 2.59 bits per heavy atom. The van der Waals surface area contributed by atoms with E-state index in [1.54, 1.807) is 5.57 Å². The third-order valence-electron chi connectivity index (χ3n) is 10.6. The predicted octanol–water partition coefficient (Wildman–Crippen LogP) is 7.55. The predicted molar refractivity (Wildman–Crippen MR) is 124 cm³/mol. The Kier molecular flexibility index (Phi) is 5.86. The van der Waals surface area contributed by atoms with Gasteiger partial charge in [-0.1, -0.05) is 58.4 Å². The summed E-state index contributed by atoms with van der Waals surface area (Å²) >= 11 is 0. The van der Waals surface area contributed by atoms with Crippen LogP contribution in [-0.2, 0) is 0 Å². The van der Waals surface area contributed by atoms with Crippen molar-refractivity contribution in [1.29, 1.82) is 0 Å². The van der Waals surface area contributed by atoms with Gasteiger partial charge < -0.3 is 5.11 Å². The molecule has 0 amide bonds. The minimum atomic E-state index is -0.0861. The summed E-state index contributed by atoms with van der Waals surface area (Å²) in [6.07, 6.45) is 15.3. The van der Waals surface area contributed by atoms with Crippen LogP contribution in [0.5, 0.6) is 0 Å². The van der Waals surface area contributed by atoms with Crippen molar-refractivity contribution in [2.24, 2.45) is 46.3 Å². The quantitative estimate of drug-likeness (QED) is 0.474. The largest absolute Gasteiger partial charge is 0.393 e. The molecule has 4 rings (SSSR count). The molecule has 0 aromatic carbocycles. The summed E-state index contributed by atoms with van der Waals surface area (Å²) in [4.78, 5) is 0. The highest BCUT2D eigenvalue weighted by molar-refractivity contribution is 5.25. The van der Waals surface area contributed by atoms with Crippen molar-refractivity contribution in [3.05, 3.63) is 23.8 Å². The molecule has 3 saturated carbocycles. The van der Waals surface area contributed by atoms with Crippen LogP contribution in [0.15, 0.2) is 23.8 Å². The van der Waals surface area contributed by atoms with E-state index < -0.39 is 0 Å². The molecule has 0 aromatic rings. The van der Waals surface area contributed by atoms with Crippen LogP contribution in [0.4, 0.5) is 0 Å². The number of allylic oxidation sites excluding steroid dienone is 2. The van der Waals surface area contributed by atoms with Crippen molar-refractivity contribution in [2.75, 3.05) is 0 Å². The standard InChI is InChI=1S/C28H46O/c1-18(2)19(3)7-8-20(4)24-11-12-25-23-10-9-21-17-22(29)13-15-27(21,5)26(23)14-16-28(24,25)6/h9,18,20,22-26,29H,3,7-8,10-17H2,1-2,4-6H3/t20-,22+,23?,24-,25?,26?,27+,28-/m1/s1. The lowest BCUT2D eigenvalue weighted by molar-refractivity contribution is -0.0571. The molecule has 0 spiro atoms. The zero-order valence-corrected chi connectivity index (χ0v) is 19.8. The second kappa shape index (κ2) is 7.85. The maximum absolute atomic E-state index is 10.2. The number of aliphatic hydroxyl groups excluding tert-OH is 1. The van der Waals surface area contributed by atoms with E-state index in [2.05, 4.69) is 47.3 Å². The van der Waals surface area contributed by atoms with Crippen molar-refractivity contribution >= 4 is 0 Å². The number of aliphatic hydroxyl groups is 1. The molecular weight excluding hydrogens is 352 g/mol. The van der Waals surface area contributed by atoms with Gasteiger partial charge in [-0.15, -0.1) is 0 Å². The topological polar surface area (TPSA) is 20.2 Å². The van der Waals surface area contributed by atoms with Crippen molar-refractivity contribution in [2.45, 2.75) is 105 Å². The van der Waals surface area contributed by atoms with Gasteiger partial charge in [0.05, 0.1) is 6.10 Å². The van der Waals surface area contributed by atoms with Gasteiger partial charge in [0.2, 0.25) is 0 Å². The molecule has 3 unspecified atom stereocenters. The number of hydrogen-bond donors (Lipinski definition) is 1. The maximum Gasteiger partial charge on any atom is 0.0577 e. The third kappa shape index (κ3) is 3.58. The Labute approximate surface area is 180 Å². The van der Waals surface area contributed by atoms with E-state index in [1.807, 2.05) is 0 Å². The lowest BCUT2D eigenvalue weighted by atomic mass is 9.47. The van der Waals surface area contributed by atoms with Gasteiger partial charge in [0.25, 0.3) is 0 Å². The molecule has 0 saturated heterocycles. The summed E-state index contributed by atoms with van der Waals surface area (Å²) < 4.78 is 0. The molecule has 0 aromatic heterocycles. The van der Waals surface area contributed by atoms with Gasteiger partial charge in [0.1, 0.15) is 0 Å². The SMILES string of the molecule is C=C(CC[C@@H](C)[C@H]1CCC2C3CC=C4C[C@@H](O)CC[C@]4(C)C3CC[C@@]21C)C(C)C. The van der Waals surface area contributed by atoms with Crippen LogP contribution < -0.4 is 0 Å². The van der Waals surface area contributed by atoms with E-state index in [9.17, 15) is 5.11 Å². The summed E-state index contributed by atoms with van der Waals surface area (Å²) in [5.41, 5.74) is 3.98. The van der Waals surface area contributed by atoms with Crippen LogP contribution in [0, 0.1) is 46.3 Å². The lowest BCUT2D eigenvalue weighted by Gasteiger charge is -2.58. The summed E-state index contributed by atoms with van der Waals surface area (Å²) in [5, 5.41) is 10.2. The number of rotatable bonds is 5. The summed E-state index contributed by atoms with van der Waals surface area (Å²) in [6.45, 7) is 16.7. The molecule has 29 heavy (non-hydrogen) atoms. The van der Waals surface area contributed by atoms with E-state index in [0.717, 1.165) is 42.4 Å². The van der Waals surface area contributed by atoms with Gasteiger partial charge in [-0.05, 0) is 111 Å². The molecule has 1 N–H and O–H groups in total. The highest BCUT2D eigenvalue weighted by Gasteiger charge is 2.59. The van der Waals surface area contributed by atoms with Gasteiger partial charge in [0, 0.05) is 0 Å². The van der Waals surface area contributed by atoms with Crippen LogP contribution in [0.3, 0.4) is 0 Å². The monoisotopic (exact) mass is 398 g/mol. The molecular formula is C28H46O. The molecule has 0 radical (unpaired) electrons. The van der Waals surface area contributed by atoms with E-state index in [4.69, 9.17) is 0 Å². The first-order valence-corrected chi connectivity index (χ1v) is 12.7. The van der Waals surface area contributed by atoms with Gasteiger partial charge >= 0.3 is 0 Å². The third-order valence-corrected chi connectivity index (χ3v) is 10.6. The molecule has 0 heterocycles. The zero-order chi connectivity index (χ0) is 21.0. The smallest absolute Gasteiger partial charge is 0.0577 e. The molecule has 0 aliphatic heterocycles. The normalized spacial score (nSPS) is 45.2. The van der Waals surface area contributed by atoms with E-state index in [1.165, 1.54) is 56.9 Å². The van der Waals surface area contributed by atoms with Gasteiger partial charge in [-0.2, -0.15) is 0 Å². The molecule has 164 valence electrons. The Balaban J connectivity index is 1.49. The first-order valence-electron chi connectivity index (χ1n) is 12.7. The zero-order valence-electron chi connectivity index (χ0n) is 19.8. The molecule has 3 fully saturated rings. The fraction of sp³-hybridized carbons (Fsp3) is 0.857. The van der Waals surface area contributed by atoms with Crippen LogP contribution in [0.1, 0.15) is 98.8 Å². The summed E-state index contributed by atoms with van der Waals surface area (Å²) in [6, 6.07) is 0. The van der Waals surface area contributed by atoms with Crippen molar-refractivity contribution < 1.29 is 5.11 Å². The Morgan fingerprint density at radius 2 is 1.86 bits per heavy atom. The Bertz CT molecular complexity index is 659. The minimum Gasteiger partial charge on any atom is -0.393 e. The first-order chi connectivity index (χ1) is 13.7. The summed E-state index contributed by atoms with van der Waals surface area (Å²) in [5.74, 6) is 5.03. The fourth-order valence-corrected chi connectivity index (χ4v) is 8.52. The van der Waals surface area contributed by atoms with Crippen molar-refractivity contribution in [1.82, 2.24) is 0 Å². The average molecular weight is 399 g/mol. The highest BCUT2D eigenvalue weighted by Crippen LogP contribution is 2.67. The van der Waals surface area contributed by atoms with Gasteiger partial charge in [-0.25, -0.2) is 0 Å². The fourth-order valence-electron chi connectivity index (χ4n) is 8.52. The van der Waals surface area contributed by atoms with Crippen molar-refractivity contribution in [3.8, 4) is 0 Å². The average Bonchev–Trinajstić information content (AvgIpc) is 3.03. The van der Waals surface area contributed by atoms with E-state index >= 15 is 0 Å². The molecule has 8 atom stereocenters. The lowest BCUT2D eigenvalue weighted by Crippen LogP contribution is -2.50. The van der Waals surface area contributed by atoms with Crippen molar-refractivity contribution in [3.63, 3.8) is 0 Å². The van der Waals surface area contributed by atoms with Crippen LogP contribution in [0.25, 0.3) is 0 Å². The molecule has 0 bridgehead atoms. The van der Waals surface area contributed by atoms with E-state index in [-0.39, 0.29) is 6.10 Å². The van der Waals surface area contributed by atoms with Gasteiger partial charge in [-0.3, -0.25) is 0 Å². The second-order valence-electron chi connectivity index (χ2n) is 12.2. The Hall–Kier alpha value is -0.560. The highest BCUT2D eigenvalue weighted by atomic mass is 16.3. The van der Waals surface area contributed by atoms with Crippen LogP contribution in [0.2, 0.25) is 0 Å². The molecule has 1 nitrogen and oxygen atoms in total. The van der Waals surface area contributed by atoms with Crippen LogP contribution >= 0.6 is 0 Å². The molecule has 1 heteroatoms.